The minimum absolute atomic E-state index is 0.207. The van der Waals surface area contributed by atoms with Gasteiger partial charge in [-0.05, 0) is 44.0 Å². The fraction of sp³-hybridized carbons (Fsp3) is 0.429. The van der Waals surface area contributed by atoms with Crippen molar-refractivity contribution in [2.45, 2.75) is 32.4 Å². The number of carbonyl (C=O) groups excluding carboxylic acids is 1. The molecule has 1 unspecified atom stereocenters. The Kier molecular flexibility index (Phi) is 4.15. The van der Waals surface area contributed by atoms with Gasteiger partial charge in [-0.2, -0.15) is 0 Å². The van der Waals surface area contributed by atoms with Gasteiger partial charge in [-0.25, -0.2) is 8.42 Å². The van der Waals surface area contributed by atoms with E-state index in [1.807, 2.05) is 0 Å². The zero-order valence-corrected chi connectivity index (χ0v) is 13.3. The van der Waals surface area contributed by atoms with Crippen molar-refractivity contribution in [2.75, 3.05) is 10.6 Å². The van der Waals surface area contributed by atoms with Gasteiger partial charge in [0.2, 0.25) is 10.0 Å². The normalized spacial score (nSPS) is 18.7. The van der Waals surface area contributed by atoms with Crippen LogP contribution in [0.15, 0.2) is 18.2 Å². The maximum atomic E-state index is 12.0. The molecule has 0 aliphatic carbocycles. The van der Waals surface area contributed by atoms with Crippen molar-refractivity contribution in [3.05, 3.63) is 29.3 Å². The van der Waals surface area contributed by atoms with Crippen molar-refractivity contribution in [3.8, 4) is 0 Å². The Bertz CT molecular complexity index is 729. The molecule has 2 rings (SSSR count). The molecule has 120 valence electrons. The third-order valence-corrected chi connectivity index (χ3v) is 4.84. The molecule has 1 amide bonds. The molecule has 0 spiro atoms. The minimum Gasteiger partial charge on any atom is -0.480 e. The molecule has 0 fully saturated rings. The second kappa shape index (κ2) is 5.60. The standard InChI is InChI=1S/C14H18N2O5S/c1-8-6-11-7-10(13(17)15-9(2)14(18)19)4-5-12(11)16(8)22(3,20)21/h4-5,7-9H,6H2,1-3H3,(H,15,17)(H,18,19)/t8?,9-/m0/s1. The Morgan fingerprint density at radius 2 is 2.05 bits per heavy atom. The summed E-state index contributed by atoms with van der Waals surface area (Å²) in [6.07, 6.45) is 1.66. The summed E-state index contributed by atoms with van der Waals surface area (Å²) in [5.41, 5.74) is 1.64. The van der Waals surface area contributed by atoms with Crippen molar-refractivity contribution in [3.63, 3.8) is 0 Å². The molecule has 0 bridgehead atoms. The van der Waals surface area contributed by atoms with Crippen molar-refractivity contribution in [1.29, 1.82) is 0 Å². The molecule has 1 aromatic rings. The number of nitrogens with one attached hydrogen (secondary N) is 1. The van der Waals surface area contributed by atoms with Crippen LogP contribution in [-0.2, 0) is 21.2 Å². The number of rotatable bonds is 4. The fourth-order valence-electron chi connectivity index (χ4n) is 2.59. The number of hydrogen-bond donors (Lipinski definition) is 2. The first-order valence-corrected chi connectivity index (χ1v) is 8.62. The molecular weight excluding hydrogens is 308 g/mol. The van der Waals surface area contributed by atoms with E-state index in [1.165, 1.54) is 17.3 Å². The molecule has 0 saturated carbocycles. The summed E-state index contributed by atoms with van der Waals surface area (Å²) >= 11 is 0. The van der Waals surface area contributed by atoms with Gasteiger partial charge in [-0.15, -0.1) is 0 Å². The SMILES string of the molecule is CC1Cc2cc(C(=O)N[C@@H](C)C(=O)O)ccc2N1S(C)(=O)=O. The molecule has 2 atom stereocenters. The number of amides is 1. The number of nitrogens with zero attached hydrogens (tertiary/aromatic N) is 1. The number of hydrogen-bond acceptors (Lipinski definition) is 4. The lowest BCUT2D eigenvalue weighted by Gasteiger charge is -2.22. The van der Waals surface area contributed by atoms with Gasteiger partial charge < -0.3 is 10.4 Å². The summed E-state index contributed by atoms with van der Waals surface area (Å²) < 4.78 is 25.0. The molecule has 2 N–H and O–H groups in total. The number of benzene rings is 1. The van der Waals surface area contributed by atoms with Crippen LogP contribution in [-0.4, -0.2) is 43.7 Å². The zero-order valence-electron chi connectivity index (χ0n) is 12.5. The van der Waals surface area contributed by atoms with Crippen LogP contribution in [0.5, 0.6) is 0 Å². The van der Waals surface area contributed by atoms with Crippen molar-refractivity contribution in [2.24, 2.45) is 0 Å². The van der Waals surface area contributed by atoms with Crippen molar-refractivity contribution < 1.29 is 23.1 Å². The molecule has 0 saturated heterocycles. The number of fused-ring (bicyclic) bond motifs is 1. The Hall–Kier alpha value is -2.09. The van der Waals surface area contributed by atoms with Crippen LogP contribution in [0.1, 0.15) is 29.8 Å². The molecule has 8 heteroatoms. The highest BCUT2D eigenvalue weighted by atomic mass is 32.2. The predicted molar refractivity (Wildman–Crippen MR) is 81.5 cm³/mol. The molecule has 22 heavy (non-hydrogen) atoms. The number of carbonyl (C=O) groups is 2. The van der Waals surface area contributed by atoms with Crippen LogP contribution in [0.3, 0.4) is 0 Å². The van der Waals surface area contributed by atoms with E-state index in [0.717, 1.165) is 11.8 Å². The second-order valence-electron chi connectivity index (χ2n) is 5.49. The van der Waals surface area contributed by atoms with Gasteiger partial charge in [-0.3, -0.25) is 13.9 Å². The highest BCUT2D eigenvalue weighted by Gasteiger charge is 2.32. The second-order valence-corrected chi connectivity index (χ2v) is 7.35. The molecule has 1 heterocycles. The van der Waals surface area contributed by atoms with Crippen LogP contribution in [0.25, 0.3) is 0 Å². The van der Waals surface area contributed by atoms with Crippen LogP contribution in [0, 0.1) is 0 Å². The Morgan fingerprint density at radius 3 is 2.59 bits per heavy atom. The molecule has 1 aliphatic rings. The van der Waals surface area contributed by atoms with Gasteiger partial charge in [0.25, 0.3) is 5.91 Å². The van der Waals surface area contributed by atoms with Crippen LogP contribution in [0.2, 0.25) is 0 Å². The number of sulfonamides is 1. The molecule has 0 aromatic heterocycles. The van der Waals surface area contributed by atoms with Gasteiger partial charge in [0.05, 0.1) is 11.9 Å². The van der Waals surface area contributed by atoms with E-state index in [2.05, 4.69) is 5.32 Å². The first-order valence-electron chi connectivity index (χ1n) is 6.77. The van der Waals surface area contributed by atoms with E-state index >= 15 is 0 Å². The average molecular weight is 326 g/mol. The van der Waals surface area contributed by atoms with E-state index in [-0.39, 0.29) is 6.04 Å². The van der Waals surface area contributed by atoms with Crippen LogP contribution in [0.4, 0.5) is 5.69 Å². The smallest absolute Gasteiger partial charge is 0.325 e. The summed E-state index contributed by atoms with van der Waals surface area (Å²) in [6.45, 7) is 3.17. The maximum absolute atomic E-state index is 12.0. The molecular formula is C14H18N2O5S. The van der Waals surface area contributed by atoms with Gasteiger partial charge >= 0.3 is 5.97 Å². The molecule has 7 nitrogen and oxygen atoms in total. The quantitative estimate of drug-likeness (QED) is 0.843. The lowest BCUT2D eigenvalue weighted by molar-refractivity contribution is -0.138. The summed E-state index contributed by atoms with van der Waals surface area (Å²) in [6, 6.07) is 3.49. The monoisotopic (exact) mass is 326 g/mol. The van der Waals surface area contributed by atoms with Crippen LogP contribution >= 0.6 is 0 Å². The Morgan fingerprint density at radius 1 is 1.41 bits per heavy atom. The summed E-state index contributed by atoms with van der Waals surface area (Å²) in [4.78, 5) is 22.8. The van der Waals surface area contributed by atoms with Gasteiger partial charge in [0.1, 0.15) is 6.04 Å². The van der Waals surface area contributed by atoms with E-state index in [1.54, 1.807) is 19.1 Å². The number of aliphatic carboxylic acids is 1. The highest BCUT2D eigenvalue weighted by Crippen LogP contribution is 2.34. The van der Waals surface area contributed by atoms with Gasteiger partial charge in [-0.1, -0.05) is 0 Å². The van der Waals surface area contributed by atoms with Gasteiger partial charge in [0, 0.05) is 11.6 Å². The largest absolute Gasteiger partial charge is 0.480 e. The van der Waals surface area contributed by atoms with E-state index in [9.17, 15) is 18.0 Å². The molecule has 1 aromatic carbocycles. The van der Waals surface area contributed by atoms with Gasteiger partial charge in [0.15, 0.2) is 0 Å². The lowest BCUT2D eigenvalue weighted by atomic mass is 10.1. The zero-order chi connectivity index (χ0) is 16.7. The summed E-state index contributed by atoms with van der Waals surface area (Å²) in [5, 5.41) is 11.2. The van der Waals surface area contributed by atoms with Crippen molar-refractivity contribution >= 4 is 27.6 Å². The fourth-order valence-corrected chi connectivity index (χ4v) is 3.85. The third-order valence-electron chi connectivity index (χ3n) is 3.57. The summed E-state index contributed by atoms with van der Waals surface area (Å²) in [7, 11) is -3.37. The molecule has 1 aliphatic heterocycles. The van der Waals surface area contributed by atoms with Crippen molar-refractivity contribution in [1.82, 2.24) is 5.32 Å². The Balaban J connectivity index is 2.29. The summed E-state index contributed by atoms with van der Waals surface area (Å²) in [5.74, 6) is -1.62. The van der Waals surface area contributed by atoms with E-state index in [4.69, 9.17) is 5.11 Å². The highest BCUT2D eigenvalue weighted by molar-refractivity contribution is 7.92. The third kappa shape index (κ3) is 3.06. The number of carboxylic acids is 1. The average Bonchev–Trinajstić information content (AvgIpc) is 2.72. The number of carboxylic acid groups (broad SMARTS) is 1. The molecule has 0 radical (unpaired) electrons. The van der Waals surface area contributed by atoms with E-state index in [0.29, 0.717) is 17.7 Å². The van der Waals surface area contributed by atoms with Crippen LogP contribution < -0.4 is 9.62 Å². The minimum atomic E-state index is -3.37. The number of anilines is 1. The predicted octanol–water partition coefficient (Wildman–Crippen LogP) is 0.600. The topological polar surface area (TPSA) is 104 Å². The maximum Gasteiger partial charge on any atom is 0.325 e. The first-order chi connectivity index (χ1) is 10.1. The first kappa shape index (κ1) is 16.3. The van der Waals surface area contributed by atoms with E-state index < -0.39 is 27.9 Å². The lowest BCUT2D eigenvalue weighted by Crippen LogP contribution is -2.38. The Labute approximate surface area is 129 Å².